The number of carbonyl (C=O) groups is 1. The fraction of sp³-hybridized carbons (Fsp3) is 0.900. The molecule has 88 valence electrons. The predicted octanol–water partition coefficient (Wildman–Crippen LogP) is -0.829. The van der Waals surface area contributed by atoms with Crippen LogP contribution in [-0.2, 0) is 9.53 Å². The molecule has 1 rings (SSSR count). The van der Waals surface area contributed by atoms with Gasteiger partial charge < -0.3 is 15.8 Å². The zero-order valence-corrected chi connectivity index (χ0v) is 9.53. The van der Waals surface area contributed by atoms with Gasteiger partial charge in [-0.2, -0.15) is 0 Å². The first-order chi connectivity index (χ1) is 7.15. The topological polar surface area (TPSA) is 67.6 Å². The van der Waals surface area contributed by atoms with Gasteiger partial charge in [0.05, 0.1) is 18.8 Å². The molecule has 0 spiro atoms. The normalized spacial score (nSPS) is 27.7. The molecule has 1 aliphatic heterocycles. The van der Waals surface area contributed by atoms with Gasteiger partial charge in [-0.1, -0.05) is 0 Å². The third-order valence-corrected chi connectivity index (χ3v) is 2.41. The minimum absolute atomic E-state index is 0.0585. The van der Waals surface area contributed by atoms with Crippen molar-refractivity contribution in [2.24, 2.45) is 5.73 Å². The summed E-state index contributed by atoms with van der Waals surface area (Å²) in [6.45, 7) is 7.11. The number of amides is 1. The second kappa shape index (κ2) is 6.05. The lowest BCUT2D eigenvalue weighted by molar-refractivity contribution is -0.126. The lowest BCUT2D eigenvalue weighted by Gasteiger charge is -2.35. The molecule has 1 aliphatic rings. The van der Waals surface area contributed by atoms with Crippen molar-refractivity contribution in [3.05, 3.63) is 0 Å². The molecule has 2 atom stereocenters. The zero-order valence-electron chi connectivity index (χ0n) is 9.53. The molecule has 0 saturated carbocycles. The van der Waals surface area contributed by atoms with E-state index in [0.717, 1.165) is 13.1 Å². The van der Waals surface area contributed by atoms with E-state index in [0.29, 0.717) is 19.6 Å². The van der Waals surface area contributed by atoms with Gasteiger partial charge in [-0.25, -0.2) is 0 Å². The molecule has 0 aromatic carbocycles. The fourth-order valence-corrected chi connectivity index (χ4v) is 1.86. The maximum Gasteiger partial charge on any atom is 0.234 e. The van der Waals surface area contributed by atoms with Gasteiger partial charge in [-0.05, 0) is 13.8 Å². The maximum absolute atomic E-state index is 11.4. The molecule has 1 saturated heterocycles. The van der Waals surface area contributed by atoms with E-state index in [2.05, 4.69) is 10.2 Å². The van der Waals surface area contributed by atoms with Crippen molar-refractivity contribution in [3.63, 3.8) is 0 Å². The van der Waals surface area contributed by atoms with E-state index in [1.165, 1.54) is 0 Å². The van der Waals surface area contributed by atoms with Crippen molar-refractivity contribution in [1.82, 2.24) is 10.2 Å². The van der Waals surface area contributed by atoms with Crippen molar-refractivity contribution in [1.29, 1.82) is 0 Å². The van der Waals surface area contributed by atoms with Crippen LogP contribution in [0.15, 0.2) is 0 Å². The van der Waals surface area contributed by atoms with Crippen LogP contribution in [0.5, 0.6) is 0 Å². The Morgan fingerprint density at radius 3 is 2.93 bits per heavy atom. The molecule has 0 aromatic heterocycles. The highest BCUT2D eigenvalue weighted by Crippen LogP contribution is 2.09. The highest BCUT2D eigenvalue weighted by atomic mass is 16.5. The first-order valence-electron chi connectivity index (χ1n) is 5.50. The molecular weight excluding hydrogens is 194 g/mol. The first-order valence-corrected chi connectivity index (χ1v) is 5.50. The van der Waals surface area contributed by atoms with Crippen LogP contribution in [0, 0.1) is 0 Å². The second-order valence-corrected chi connectivity index (χ2v) is 3.95. The Kier molecular flexibility index (Phi) is 5.01. The molecule has 0 radical (unpaired) electrons. The van der Waals surface area contributed by atoms with Crippen LogP contribution >= 0.6 is 0 Å². The van der Waals surface area contributed by atoms with E-state index in [4.69, 9.17) is 10.5 Å². The Bertz CT molecular complexity index is 211. The van der Waals surface area contributed by atoms with Crippen molar-refractivity contribution in [2.45, 2.75) is 26.1 Å². The summed E-state index contributed by atoms with van der Waals surface area (Å²) in [4.78, 5) is 13.5. The van der Waals surface area contributed by atoms with E-state index < -0.39 is 0 Å². The van der Waals surface area contributed by atoms with Crippen LogP contribution in [0.25, 0.3) is 0 Å². The predicted molar refractivity (Wildman–Crippen MR) is 58.5 cm³/mol. The van der Waals surface area contributed by atoms with E-state index in [9.17, 15) is 4.79 Å². The summed E-state index contributed by atoms with van der Waals surface area (Å²) >= 11 is 0. The van der Waals surface area contributed by atoms with Gasteiger partial charge in [0.25, 0.3) is 0 Å². The molecule has 0 bridgehead atoms. The summed E-state index contributed by atoms with van der Waals surface area (Å²) in [5.41, 5.74) is 5.56. The van der Waals surface area contributed by atoms with Crippen LogP contribution < -0.4 is 11.1 Å². The van der Waals surface area contributed by atoms with Gasteiger partial charge in [0.1, 0.15) is 0 Å². The van der Waals surface area contributed by atoms with Crippen molar-refractivity contribution < 1.29 is 9.53 Å². The summed E-state index contributed by atoms with van der Waals surface area (Å²) in [6.07, 6.45) is 0.213. The molecule has 1 amide bonds. The number of hydrogen-bond acceptors (Lipinski definition) is 4. The van der Waals surface area contributed by atoms with Gasteiger partial charge >= 0.3 is 0 Å². The quantitative estimate of drug-likeness (QED) is 0.642. The Morgan fingerprint density at radius 2 is 2.33 bits per heavy atom. The first kappa shape index (κ1) is 12.4. The standard InChI is InChI=1S/C10H21N3O2/c1-3-12-10(14)7-13-5-8(2)15-9(4-11)6-13/h8-9H,3-7,11H2,1-2H3,(H,12,14). The minimum atomic E-state index is 0.0585. The SMILES string of the molecule is CCNC(=O)CN1CC(C)OC(CN)C1. The van der Waals surface area contributed by atoms with Gasteiger partial charge in [0, 0.05) is 26.2 Å². The van der Waals surface area contributed by atoms with Crippen LogP contribution in [-0.4, -0.2) is 55.7 Å². The molecule has 15 heavy (non-hydrogen) atoms. The summed E-state index contributed by atoms with van der Waals surface area (Å²) in [6, 6.07) is 0. The highest BCUT2D eigenvalue weighted by molar-refractivity contribution is 5.77. The monoisotopic (exact) mass is 215 g/mol. The summed E-state index contributed by atoms with van der Waals surface area (Å²) < 4.78 is 5.61. The van der Waals surface area contributed by atoms with Crippen molar-refractivity contribution in [2.75, 3.05) is 32.7 Å². The Balaban J connectivity index is 2.37. The fourth-order valence-electron chi connectivity index (χ4n) is 1.86. The lowest BCUT2D eigenvalue weighted by Crippen LogP contribution is -2.51. The van der Waals surface area contributed by atoms with E-state index in [1.807, 2.05) is 13.8 Å². The number of likely N-dealkylation sites (N-methyl/N-ethyl adjacent to an activating group) is 1. The zero-order chi connectivity index (χ0) is 11.3. The van der Waals surface area contributed by atoms with Crippen LogP contribution in [0.4, 0.5) is 0 Å². The molecule has 1 heterocycles. The van der Waals surface area contributed by atoms with Gasteiger partial charge in [0.15, 0.2) is 0 Å². The Morgan fingerprint density at radius 1 is 1.60 bits per heavy atom. The molecule has 5 nitrogen and oxygen atoms in total. The number of rotatable bonds is 4. The number of morpholine rings is 1. The molecule has 5 heteroatoms. The molecular formula is C10H21N3O2. The summed E-state index contributed by atoms with van der Waals surface area (Å²) in [5.74, 6) is 0.0716. The lowest BCUT2D eigenvalue weighted by atomic mass is 10.2. The van der Waals surface area contributed by atoms with E-state index in [-0.39, 0.29) is 18.1 Å². The van der Waals surface area contributed by atoms with E-state index >= 15 is 0 Å². The third kappa shape index (κ3) is 4.15. The second-order valence-electron chi connectivity index (χ2n) is 3.95. The Hall–Kier alpha value is -0.650. The number of hydrogen-bond donors (Lipinski definition) is 2. The van der Waals surface area contributed by atoms with Gasteiger partial charge in [0.2, 0.25) is 5.91 Å². The summed E-state index contributed by atoms with van der Waals surface area (Å²) in [7, 11) is 0. The number of nitrogens with zero attached hydrogens (tertiary/aromatic N) is 1. The number of carbonyl (C=O) groups excluding carboxylic acids is 1. The van der Waals surface area contributed by atoms with Crippen LogP contribution in [0.1, 0.15) is 13.8 Å². The molecule has 0 aliphatic carbocycles. The maximum atomic E-state index is 11.4. The highest BCUT2D eigenvalue weighted by Gasteiger charge is 2.25. The summed E-state index contributed by atoms with van der Waals surface area (Å²) in [5, 5.41) is 2.79. The number of nitrogens with one attached hydrogen (secondary N) is 1. The largest absolute Gasteiger partial charge is 0.371 e. The van der Waals surface area contributed by atoms with Gasteiger partial charge in [-0.3, -0.25) is 9.69 Å². The average molecular weight is 215 g/mol. The smallest absolute Gasteiger partial charge is 0.234 e. The average Bonchev–Trinajstić information content (AvgIpc) is 2.17. The molecule has 1 fully saturated rings. The van der Waals surface area contributed by atoms with Crippen molar-refractivity contribution in [3.8, 4) is 0 Å². The molecule has 2 unspecified atom stereocenters. The van der Waals surface area contributed by atoms with Gasteiger partial charge in [-0.15, -0.1) is 0 Å². The minimum Gasteiger partial charge on any atom is -0.371 e. The van der Waals surface area contributed by atoms with Crippen LogP contribution in [0.3, 0.4) is 0 Å². The molecule has 0 aromatic rings. The van der Waals surface area contributed by atoms with E-state index in [1.54, 1.807) is 0 Å². The van der Waals surface area contributed by atoms with Crippen molar-refractivity contribution >= 4 is 5.91 Å². The Labute approximate surface area is 90.9 Å². The number of ether oxygens (including phenoxy) is 1. The number of nitrogens with two attached hydrogens (primary N) is 1. The van der Waals surface area contributed by atoms with Crippen LogP contribution in [0.2, 0.25) is 0 Å². The molecule has 3 N–H and O–H groups in total. The third-order valence-electron chi connectivity index (χ3n) is 2.41.